The molecule has 0 aliphatic rings. The minimum atomic E-state index is -0.401. The van der Waals surface area contributed by atoms with E-state index in [1.807, 2.05) is 24.3 Å². The number of rotatable bonds is 2. The summed E-state index contributed by atoms with van der Waals surface area (Å²) in [7, 11) is 1.35. The molecular formula is C12H10BrNO2S. The highest BCUT2D eigenvalue weighted by Gasteiger charge is 2.18. The van der Waals surface area contributed by atoms with Gasteiger partial charge in [-0.25, -0.2) is 4.79 Å². The first-order valence-electron chi connectivity index (χ1n) is 4.84. The molecule has 0 amide bonds. The number of hydrogen-bond donors (Lipinski definition) is 1. The van der Waals surface area contributed by atoms with E-state index in [2.05, 4.69) is 15.9 Å². The summed E-state index contributed by atoms with van der Waals surface area (Å²) in [6.45, 7) is 0. The zero-order valence-electron chi connectivity index (χ0n) is 9.07. The Balaban J connectivity index is 2.52. The van der Waals surface area contributed by atoms with E-state index in [0.29, 0.717) is 11.3 Å². The van der Waals surface area contributed by atoms with Crippen molar-refractivity contribution >= 4 is 38.9 Å². The van der Waals surface area contributed by atoms with Crippen molar-refractivity contribution in [1.82, 2.24) is 0 Å². The van der Waals surface area contributed by atoms with Gasteiger partial charge in [0.2, 0.25) is 0 Å². The van der Waals surface area contributed by atoms with Crippen molar-refractivity contribution in [3.05, 3.63) is 39.7 Å². The topological polar surface area (TPSA) is 52.3 Å². The molecule has 88 valence electrons. The van der Waals surface area contributed by atoms with Gasteiger partial charge in [-0.05, 0) is 17.7 Å². The Kier molecular flexibility index (Phi) is 3.49. The second-order valence-electron chi connectivity index (χ2n) is 3.39. The quantitative estimate of drug-likeness (QED) is 0.863. The summed E-state index contributed by atoms with van der Waals surface area (Å²) in [6, 6.07) is 7.71. The van der Waals surface area contributed by atoms with Gasteiger partial charge >= 0.3 is 5.97 Å². The van der Waals surface area contributed by atoms with Crippen LogP contribution in [0.15, 0.2) is 34.1 Å². The molecule has 2 N–H and O–H groups in total. The fourth-order valence-electron chi connectivity index (χ4n) is 1.50. The van der Waals surface area contributed by atoms with E-state index in [9.17, 15) is 4.79 Å². The van der Waals surface area contributed by atoms with E-state index in [4.69, 9.17) is 10.5 Å². The summed E-state index contributed by atoms with van der Waals surface area (Å²) in [5.74, 6) is -0.401. The number of benzene rings is 1. The van der Waals surface area contributed by atoms with Crippen LogP contribution in [-0.2, 0) is 4.74 Å². The summed E-state index contributed by atoms with van der Waals surface area (Å²) in [5, 5.41) is 1.75. The Morgan fingerprint density at radius 3 is 2.59 bits per heavy atom. The van der Waals surface area contributed by atoms with Crippen molar-refractivity contribution in [3.63, 3.8) is 0 Å². The van der Waals surface area contributed by atoms with Gasteiger partial charge in [0.25, 0.3) is 0 Å². The first-order chi connectivity index (χ1) is 8.13. The summed E-state index contributed by atoms with van der Waals surface area (Å²) in [5.41, 5.74) is 7.64. The number of carbonyl (C=O) groups is 1. The van der Waals surface area contributed by atoms with Gasteiger partial charge in [0.1, 0.15) is 5.56 Å². The number of nitrogens with two attached hydrogens (primary N) is 1. The molecule has 3 nitrogen and oxygen atoms in total. The van der Waals surface area contributed by atoms with Crippen molar-refractivity contribution in [2.24, 2.45) is 0 Å². The van der Waals surface area contributed by atoms with Gasteiger partial charge in [-0.1, -0.05) is 28.1 Å². The number of nitrogen functional groups attached to an aromatic ring is 1. The second kappa shape index (κ2) is 4.89. The maximum atomic E-state index is 11.7. The summed E-state index contributed by atoms with van der Waals surface area (Å²) < 4.78 is 5.73. The minimum Gasteiger partial charge on any atom is -0.465 e. The summed E-state index contributed by atoms with van der Waals surface area (Å²) in [6.07, 6.45) is 0. The average molecular weight is 312 g/mol. The second-order valence-corrected chi connectivity index (χ2v) is 5.19. The van der Waals surface area contributed by atoms with Gasteiger partial charge < -0.3 is 10.5 Å². The largest absolute Gasteiger partial charge is 0.465 e. The number of anilines is 1. The molecule has 1 aromatic carbocycles. The van der Waals surface area contributed by atoms with E-state index in [1.54, 1.807) is 5.38 Å². The van der Waals surface area contributed by atoms with Gasteiger partial charge in [0.15, 0.2) is 0 Å². The van der Waals surface area contributed by atoms with Gasteiger partial charge in [0, 0.05) is 9.85 Å². The van der Waals surface area contributed by atoms with Crippen LogP contribution in [0.2, 0.25) is 0 Å². The van der Waals surface area contributed by atoms with Crippen molar-refractivity contribution in [1.29, 1.82) is 0 Å². The maximum Gasteiger partial charge on any atom is 0.341 e. The molecule has 0 aliphatic heterocycles. The van der Waals surface area contributed by atoms with Crippen LogP contribution in [0, 0.1) is 0 Å². The van der Waals surface area contributed by atoms with E-state index in [1.165, 1.54) is 18.4 Å². The smallest absolute Gasteiger partial charge is 0.341 e. The molecule has 1 heterocycles. The Hall–Kier alpha value is -1.33. The molecule has 5 heteroatoms. The lowest BCUT2D eigenvalue weighted by atomic mass is 10.1. The van der Waals surface area contributed by atoms with Gasteiger partial charge in [-0.2, -0.15) is 0 Å². The summed E-state index contributed by atoms with van der Waals surface area (Å²) in [4.78, 5) is 12.5. The number of halogens is 1. The highest BCUT2D eigenvalue weighted by atomic mass is 79.9. The van der Waals surface area contributed by atoms with E-state index in [-0.39, 0.29) is 0 Å². The zero-order chi connectivity index (χ0) is 12.4. The number of methoxy groups -OCH3 is 1. The lowest BCUT2D eigenvalue weighted by Crippen LogP contribution is -2.04. The Morgan fingerprint density at radius 2 is 2.00 bits per heavy atom. The third kappa shape index (κ3) is 2.35. The van der Waals surface area contributed by atoms with Crippen LogP contribution in [0.3, 0.4) is 0 Å². The Bertz CT molecular complexity index is 548. The van der Waals surface area contributed by atoms with Crippen LogP contribution in [0.4, 0.5) is 5.69 Å². The van der Waals surface area contributed by atoms with Crippen molar-refractivity contribution in [2.75, 3.05) is 12.8 Å². The average Bonchev–Trinajstić information content (AvgIpc) is 2.71. The fraction of sp³-hybridized carbons (Fsp3) is 0.0833. The molecule has 17 heavy (non-hydrogen) atoms. The van der Waals surface area contributed by atoms with Crippen LogP contribution in [0.1, 0.15) is 10.4 Å². The molecule has 0 spiro atoms. The third-order valence-corrected chi connectivity index (χ3v) is 3.89. The Morgan fingerprint density at radius 1 is 1.35 bits per heavy atom. The minimum absolute atomic E-state index is 0.401. The predicted molar refractivity (Wildman–Crippen MR) is 73.2 cm³/mol. The van der Waals surface area contributed by atoms with Crippen LogP contribution in [0.5, 0.6) is 0 Å². The molecule has 0 bridgehead atoms. The number of ether oxygens (including phenoxy) is 1. The van der Waals surface area contributed by atoms with Gasteiger partial charge in [-0.3, -0.25) is 0 Å². The number of carbonyl (C=O) groups excluding carboxylic acids is 1. The molecule has 0 saturated heterocycles. The first-order valence-corrected chi connectivity index (χ1v) is 6.52. The fourth-order valence-corrected chi connectivity index (χ4v) is 2.72. The molecular weight excluding hydrogens is 302 g/mol. The number of hydrogen-bond acceptors (Lipinski definition) is 4. The van der Waals surface area contributed by atoms with Gasteiger partial charge in [0.05, 0.1) is 17.7 Å². The highest BCUT2D eigenvalue weighted by molar-refractivity contribution is 9.10. The molecule has 0 aliphatic carbocycles. The number of thiophene rings is 1. The van der Waals surface area contributed by atoms with Crippen LogP contribution < -0.4 is 5.73 Å². The SMILES string of the molecule is COC(=O)c1c(N)csc1-c1ccc(Br)cc1. The molecule has 0 atom stereocenters. The number of esters is 1. The molecule has 0 radical (unpaired) electrons. The van der Waals surface area contributed by atoms with Crippen molar-refractivity contribution in [2.45, 2.75) is 0 Å². The van der Waals surface area contributed by atoms with Gasteiger partial charge in [-0.15, -0.1) is 11.3 Å². The molecule has 0 unspecified atom stereocenters. The third-order valence-electron chi connectivity index (χ3n) is 2.32. The zero-order valence-corrected chi connectivity index (χ0v) is 11.5. The van der Waals surface area contributed by atoms with E-state index >= 15 is 0 Å². The normalized spacial score (nSPS) is 10.2. The van der Waals surface area contributed by atoms with Crippen LogP contribution >= 0.6 is 27.3 Å². The first kappa shape index (κ1) is 12.1. The highest BCUT2D eigenvalue weighted by Crippen LogP contribution is 2.35. The maximum absolute atomic E-state index is 11.7. The predicted octanol–water partition coefficient (Wildman–Crippen LogP) is 3.55. The van der Waals surface area contributed by atoms with E-state index in [0.717, 1.165) is 14.9 Å². The van der Waals surface area contributed by atoms with E-state index < -0.39 is 5.97 Å². The molecule has 0 saturated carbocycles. The molecule has 2 aromatic rings. The summed E-state index contributed by atoms with van der Waals surface area (Å²) >= 11 is 4.81. The Labute approximate surface area is 111 Å². The lowest BCUT2D eigenvalue weighted by molar-refractivity contribution is 0.0603. The molecule has 2 rings (SSSR count). The van der Waals surface area contributed by atoms with Crippen LogP contribution in [-0.4, -0.2) is 13.1 Å². The molecule has 0 fully saturated rings. The standard InChI is InChI=1S/C12H10BrNO2S/c1-16-12(15)10-9(14)6-17-11(10)7-2-4-8(13)5-3-7/h2-6H,14H2,1H3. The van der Waals surface area contributed by atoms with Crippen LogP contribution in [0.25, 0.3) is 10.4 Å². The monoisotopic (exact) mass is 311 g/mol. The van der Waals surface area contributed by atoms with Crippen molar-refractivity contribution in [3.8, 4) is 10.4 Å². The lowest BCUT2D eigenvalue weighted by Gasteiger charge is -2.03. The van der Waals surface area contributed by atoms with Crippen molar-refractivity contribution < 1.29 is 9.53 Å². The molecule has 1 aromatic heterocycles.